The summed E-state index contributed by atoms with van der Waals surface area (Å²) in [5, 5.41) is 2.62. The lowest BCUT2D eigenvalue weighted by molar-refractivity contribution is -0.114. The first-order chi connectivity index (χ1) is 13.3. The highest BCUT2D eigenvalue weighted by Gasteiger charge is 2.24. The SMILES string of the molecule is CCCCN(CCCC)C(CC)NS(=O)(=O)c1ccc(OC)c(NC(C)=O)c1. The average molecular weight is 414 g/mol. The van der Waals surface area contributed by atoms with Crippen LogP contribution in [-0.2, 0) is 14.8 Å². The van der Waals surface area contributed by atoms with Gasteiger partial charge in [0.2, 0.25) is 15.9 Å². The second-order valence-corrected chi connectivity index (χ2v) is 8.55. The third-order valence-electron chi connectivity index (χ3n) is 4.51. The molecule has 8 heteroatoms. The molecular weight excluding hydrogens is 378 g/mol. The molecule has 2 N–H and O–H groups in total. The second-order valence-electron chi connectivity index (χ2n) is 6.83. The summed E-state index contributed by atoms with van der Waals surface area (Å²) in [6, 6.07) is 4.46. The summed E-state index contributed by atoms with van der Waals surface area (Å²) in [5.41, 5.74) is 0.333. The number of nitrogens with one attached hydrogen (secondary N) is 2. The molecule has 1 amide bonds. The summed E-state index contributed by atoms with van der Waals surface area (Å²) in [7, 11) is -2.28. The van der Waals surface area contributed by atoms with Crippen LogP contribution in [0.25, 0.3) is 0 Å². The van der Waals surface area contributed by atoms with E-state index < -0.39 is 10.0 Å². The minimum absolute atomic E-state index is 0.0985. The minimum atomic E-state index is -3.75. The number of ether oxygens (including phenoxy) is 1. The molecule has 0 heterocycles. The lowest BCUT2D eigenvalue weighted by atomic mass is 10.2. The highest BCUT2D eigenvalue weighted by molar-refractivity contribution is 7.89. The molecule has 7 nitrogen and oxygen atoms in total. The van der Waals surface area contributed by atoms with Gasteiger partial charge in [-0.3, -0.25) is 9.69 Å². The van der Waals surface area contributed by atoms with Crippen LogP contribution in [0.5, 0.6) is 5.75 Å². The molecular formula is C20H35N3O4S. The van der Waals surface area contributed by atoms with E-state index in [9.17, 15) is 13.2 Å². The monoisotopic (exact) mass is 413 g/mol. The number of anilines is 1. The molecule has 160 valence electrons. The molecule has 0 bridgehead atoms. The summed E-state index contributed by atoms with van der Waals surface area (Å²) < 4.78 is 34.0. The highest BCUT2D eigenvalue weighted by Crippen LogP contribution is 2.27. The quantitative estimate of drug-likeness (QED) is 0.483. The topological polar surface area (TPSA) is 87.7 Å². The van der Waals surface area contributed by atoms with Crippen LogP contribution in [-0.4, -0.2) is 45.6 Å². The first kappa shape index (κ1) is 24.4. The van der Waals surface area contributed by atoms with E-state index in [0.717, 1.165) is 38.8 Å². The third-order valence-corrected chi connectivity index (χ3v) is 5.97. The first-order valence-corrected chi connectivity index (χ1v) is 11.5. The number of benzene rings is 1. The molecule has 0 fully saturated rings. The molecule has 1 unspecified atom stereocenters. The molecule has 0 saturated heterocycles. The van der Waals surface area contributed by atoms with Gasteiger partial charge in [0, 0.05) is 6.92 Å². The van der Waals surface area contributed by atoms with Gasteiger partial charge >= 0.3 is 0 Å². The predicted molar refractivity (Wildman–Crippen MR) is 113 cm³/mol. The Morgan fingerprint density at radius 1 is 1.14 bits per heavy atom. The number of unbranched alkanes of at least 4 members (excludes halogenated alkanes) is 2. The zero-order valence-corrected chi connectivity index (χ0v) is 18.6. The second kappa shape index (κ2) is 12.0. The van der Waals surface area contributed by atoms with Crippen molar-refractivity contribution in [2.75, 3.05) is 25.5 Å². The maximum atomic E-state index is 13.0. The normalized spacial score (nSPS) is 12.8. The maximum absolute atomic E-state index is 13.0. The van der Waals surface area contributed by atoms with E-state index in [1.807, 2.05) is 6.92 Å². The lowest BCUT2D eigenvalue weighted by Crippen LogP contribution is -2.48. The van der Waals surface area contributed by atoms with E-state index in [0.29, 0.717) is 17.9 Å². The van der Waals surface area contributed by atoms with E-state index in [1.165, 1.54) is 26.2 Å². The summed E-state index contributed by atoms with van der Waals surface area (Å²) in [6.45, 7) is 9.32. The zero-order chi connectivity index (χ0) is 21.2. The fourth-order valence-electron chi connectivity index (χ4n) is 2.95. The highest BCUT2D eigenvalue weighted by atomic mass is 32.2. The van der Waals surface area contributed by atoms with Gasteiger partial charge < -0.3 is 10.1 Å². The molecule has 0 aliphatic heterocycles. The Morgan fingerprint density at radius 3 is 2.21 bits per heavy atom. The van der Waals surface area contributed by atoms with Gasteiger partial charge in [0.25, 0.3) is 0 Å². The van der Waals surface area contributed by atoms with Crippen LogP contribution in [0.15, 0.2) is 23.1 Å². The summed E-state index contributed by atoms with van der Waals surface area (Å²) in [5.74, 6) is 0.117. The van der Waals surface area contributed by atoms with Gasteiger partial charge in [-0.15, -0.1) is 0 Å². The fourth-order valence-corrected chi connectivity index (χ4v) is 4.28. The predicted octanol–water partition coefficient (Wildman–Crippen LogP) is 3.57. The van der Waals surface area contributed by atoms with Crippen LogP contribution in [0.2, 0.25) is 0 Å². The van der Waals surface area contributed by atoms with Crippen molar-refractivity contribution in [1.29, 1.82) is 0 Å². The lowest BCUT2D eigenvalue weighted by Gasteiger charge is -2.31. The smallest absolute Gasteiger partial charge is 0.241 e. The summed E-state index contributed by atoms with van der Waals surface area (Å²) in [4.78, 5) is 13.7. The van der Waals surface area contributed by atoms with Crippen molar-refractivity contribution in [1.82, 2.24) is 9.62 Å². The Kier molecular flexibility index (Phi) is 10.5. The Labute approximate surface area is 169 Å². The molecule has 0 radical (unpaired) electrons. The van der Waals surface area contributed by atoms with E-state index >= 15 is 0 Å². The van der Waals surface area contributed by atoms with E-state index in [1.54, 1.807) is 6.07 Å². The van der Waals surface area contributed by atoms with Crippen LogP contribution >= 0.6 is 0 Å². The van der Waals surface area contributed by atoms with Gasteiger partial charge in [-0.05, 0) is 50.6 Å². The number of methoxy groups -OCH3 is 1. The number of rotatable bonds is 13. The van der Waals surface area contributed by atoms with Gasteiger partial charge in [-0.2, -0.15) is 4.72 Å². The molecule has 1 aromatic rings. The number of sulfonamides is 1. The number of amides is 1. The number of carbonyl (C=O) groups is 1. The summed E-state index contributed by atoms with van der Waals surface area (Å²) in [6.07, 6.45) is 4.57. The Morgan fingerprint density at radius 2 is 1.75 bits per heavy atom. The molecule has 0 aliphatic carbocycles. The van der Waals surface area contributed by atoms with E-state index in [4.69, 9.17) is 4.74 Å². The number of nitrogens with zero attached hydrogens (tertiary/aromatic N) is 1. The molecule has 1 rings (SSSR count). The first-order valence-electron chi connectivity index (χ1n) is 10.0. The minimum Gasteiger partial charge on any atom is -0.495 e. The van der Waals surface area contributed by atoms with E-state index in [-0.39, 0.29) is 17.0 Å². The van der Waals surface area contributed by atoms with E-state index in [2.05, 4.69) is 28.8 Å². The Balaban J connectivity index is 3.10. The van der Waals surface area contributed by atoms with Gasteiger partial charge in [0.05, 0.1) is 23.9 Å². The molecule has 28 heavy (non-hydrogen) atoms. The third kappa shape index (κ3) is 7.41. The van der Waals surface area contributed by atoms with Gasteiger partial charge in [-0.1, -0.05) is 33.6 Å². The Bertz CT molecular complexity index is 714. The van der Waals surface area contributed by atoms with Crippen LogP contribution in [0.4, 0.5) is 5.69 Å². The van der Waals surface area contributed by atoms with Gasteiger partial charge in [-0.25, -0.2) is 8.42 Å². The standard InChI is InChI=1S/C20H35N3O4S/c1-6-9-13-23(14-10-7-2)20(8-3)22-28(25,26)17-11-12-19(27-5)18(15-17)21-16(4)24/h11-12,15,20,22H,6-10,13-14H2,1-5H3,(H,21,24). The van der Waals surface area contributed by atoms with Gasteiger partial charge in [0.1, 0.15) is 5.75 Å². The van der Waals surface area contributed by atoms with Crippen LogP contribution in [0, 0.1) is 0 Å². The zero-order valence-electron chi connectivity index (χ0n) is 17.7. The fraction of sp³-hybridized carbons (Fsp3) is 0.650. The molecule has 1 aromatic carbocycles. The van der Waals surface area contributed by atoms with Crippen LogP contribution < -0.4 is 14.8 Å². The van der Waals surface area contributed by atoms with Crippen molar-refractivity contribution in [2.45, 2.75) is 70.9 Å². The molecule has 0 aliphatic rings. The largest absolute Gasteiger partial charge is 0.495 e. The van der Waals surface area contributed by atoms with Crippen molar-refractivity contribution in [3.8, 4) is 5.75 Å². The Hall–Kier alpha value is -1.64. The van der Waals surface area contributed by atoms with Crippen molar-refractivity contribution >= 4 is 21.6 Å². The van der Waals surface area contributed by atoms with Crippen molar-refractivity contribution in [3.63, 3.8) is 0 Å². The molecule has 1 atom stereocenters. The number of hydrogen-bond acceptors (Lipinski definition) is 5. The van der Waals surface area contributed by atoms with Crippen molar-refractivity contribution in [3.05, 3.63) is 18.2 Å². The number of hydrogen-bond donors (Lipinski definition) is 2. The van der Waals surface area contributed by atoms with Crippen molar-refractivity contribution in [2.24, 2.45) is 0 Å². The molecule has 0 spiro atoms. The average Bonchev–Trinajstić information content (AvgIpc) is 2.66. The van der Waals surface area contributed by atoms with Gasteiger partial charge in [0.15, 0.2) is 0 Å². The number of carbonyl (C=O) groups excluding carboxylic acids is 1. The molecule has 0 saturated carbocycles. The summed E-state index contributed by atoms with van der Waals surface area (Å²) >= 11 is 0. The molecule has 0 aromatic heterocycles. The van der Waals surface area contributed by atoms with Crippen molar-refractivity contribution < 1.29 is 17.9 Å². The van der Waals surface area contributed by atoms with Crippen LogP contribution in [0.3, 0.4) is 0 Å². The maximum Gasteiger partial charge on any atom is 0.241 e. The van der Waals surface area contributed by atoms with Crippen LogP contribution in [0.1, 0.15) is 59.8 Å².